The van der Waals surface area contributed by atoms with Crippen LogP contribution in [0, 0.1) is 0 Å². The van der Waals surface area contributed by atoms with Crippen molar-refractivity contribution in [2.45, 2.75) is 17.8 Å². The summed E-state index contributed by atoms with van der Waals surface area (Å²) in [4.78, 5) is 0. The van der Waals surface area contributed by atoms with Crippen molar-refractivity contribution in [3.05, 3.63) is 59.7 Å². The Morgan fingerprint density at radius 2 is 0.760 bits per heavy atom. The molecule has 10 heteroatoms. The molecule has 2 aromatic carbocycles. The standard InChI is InChI=1S/C15H10F6O2.2Na/c16-14(17,18)13(15(19,20)21,9-1-5-11(22)6-2-9)10-3-7-12(23)8-4-10;;/h1-8,22-23H;;. The second kappa shape index (κ2) is 8.54. The summed E-state index contributed by atoms with van der Waals surface area (Å²) in [5.41, 5.74) is -6.44. The van der Waals surface area contributed by atoms with E-state index in [1.807, 2.05) is 0 Å². The van der Waals surface area contributed by atoms with Crippen LogP contribution >= 0.6 is 0 Å². The summed E-state index contributed by atoms with van der Waals surface area (Å²) in [6.07, 6.45) is -11.4. The zero-order valence-corrected chi connectivity index (χ0v) is 17.3. The van der Waals surface area contributed by atoms with Crippen molar-refractivity contribution in [1.82, 2.24) is 0 Å². The molecular formula is C15H10F6Na2O2. The average Bonchev–Trinajstić information content (AvgIpc) is 2.40. The van der Waals surface area contributed by atoms with Gasteiger partial charge in [-0.25, -0.2) is 0 Å². The second-order valence-corrected chi connectivity index (χ2v) is 4.84. The van der Waals surface area contributed by atoms with Gasteiger partial charge < -0.3 is 10.2 Å². The number of hydrogen-bond acceptors (Lipinski definition) is 2. The predicted octanol–water partition coefficient (Wildman–Crippen LogP) is 3.75. The Hall–Kier alpha value is -0.380. The Balaban J connectivity index is 0.00000288. The normalized spacial score (nSPS) is 12.1. The molecule has 0 unspecified atom stereocenters. The van der Waals surface area contributed by atoms with E-state index in [9.17, 15) is 26.3 Å². The van der Waals surface area contributed by atoms with E-state index in [-0.39, 0.29) is 59.1 Å². The third-order valence-corrected chi connectivity index (χ3v) is 3.45. The van der Waals surface area contributed by atoms with Crippen molar-refractivity contribution in [3.8, 4) is 11.5 Å². The summed E-state index contributed by atoms with van der Waals surface area (Å²) in [7, 11) is 0. The fourth-order valence-electron chi connectivity index (χ4n) is 2.40. The number of halogens is 6. The molecule has 0 bridgehead atoms. The van der Waals surface area contributed by atoms with Crippen LogP contribution in [0.25, 0.3) is 0 Å². The monoisotopic (exact) mass is 382 g/mol. The molecule has 2 N–H and O–H groups in total. The molecule has 0 fully saturated rings. The molecule has 2 nitrogen and oxygen atoms in total. The summed E-state index contributed by atoms with van der Waals surface area (Å²) in [5, 5.41) is 18.3. The van der Waals surface area contributed by atoms with Gasteiger partial charge in [0.15, 0.2) is 0 Å². The van der Waals surface area contributed by atoms with Gasteiger partial charge in [0.1, 0.15) is 11.5 Å². The number of alkyl halides is 6. The molecule has 0 saturated carbocycles. The Morgan fingerprint density at radius 3 is 0.960 bits per heavy atom. The maximum atomic E-state index is 13.6. The first-order valence-electron chi connectivity index (χ1n) is 6.22. The van der Waals surface area contributed by atoms with E-state index >= 15 is 0 Å². The van der Waals surface area contributed by atoms with Crippen LogP contribution in [0.3, 0.4) is 0 Å². The number of benzene rings is 2. The van der Waals surface area contributed by atoms with Crippen LogP contribution in [0.4, 0.5) is 26.3 Å². The van der Waals surface area contributed by atoms with Crippen LogP contribution in [-0.4, -0.2) is 81.7 Å². The van der Waals surface area contributed by atoms with Gasteiger partial charge in [0, 0.05) is 59.1 Å². The van der Waals surface area contributed by atoms with Gasteiger partial charge >= 0.3 is 12.4 Å². The number of hydrogen-bond donors (Lipinski definition) is 2. The van der Waals surface area contributed by atoms with E-state index in [1.165, 1.54) is 0 Å². The van der Waals surface area contributed by atoms with E-state index in [0.717, 1.165) is 24.3 Å². The average molecular weight is 382 g/mol. The van der Waals surface area contributed by atoms with Crippen LogP contribution in [0.2, 0.25) is 0 Å². The Labute approximate surface area is 183 Å². The fraction of sp³-hybridized carbons (Fsp3) is 0.200. The number of rotatable bonds is 2. The van der Waals surface area contributed by atoms with E-state index in [0.29, 0.717) is 24.3 Å². The second-order valence-electron chi connectivity index (χ2n) is 4.84. The van der Waals surface area contributed by atoms with Crippen LogP contribution in [0.5, 0.6) is 11.5 Å². The van der Waals surface area contributed by atoms with Gasteiger partial charge in [-0.15, -0.1) is 0 Å². The molecule has 2 aromatic rings. The summed E-state index contributed by atoms with van der Waals surface area (Å²) < 4.78 is 81.6. The van der Waals surface area contributed by atoms with E-state index in [1.54, 1.807) is 0 Å². The quantitative estimate of drug-likeness (QED) is 0.614. The van der Waals surface area contributed by atoms with E-state index < -0.39 is 40.4 Å². The SMILES string of the molecule is Oc1ccc(C(c2ccc(O)cc2)(C(F)(F)F)C(F)(F)F)cc1.[Na].[Na]. The molecule has 2 rings (SSSR count). The smallest absolute Gasteiger partial charge is 0.411 e. The van der Waals surface area contributed by atoms with Crippen molar-refractivity contribution >= 4 is 59.1 Å². The van der Waals surface area contributed by atoms with E-state index in [4.69, 9.17) is 10.2 Å². The van der Waals surface area contributed by atoms with Crippen molar-refractivity contribution in [2.75, 3.05) is 0 Å². The van der Waals surface area contributed by atoms with Crippen molar-refractivity contribution in [1.29, 1.82) is 0 Å². The molecule has 0 aliphatic carbocycles. The van der Waals surface area contributed by atoms with E-state index in [2.05, 4.69) is 0 Å². The molecule has 0 aliphatic rings. The van der Waals surface area contributed by atoms with Crippen molar-refractivity contribution in [2.24, 2.45) is 0 Å². The summed E-state index contributed by atoms with van der Waals surface area (Å²) in [5.74, 6) is -0.921. The Kier molecular flexibility index (Phi) is 8.41. The van der Waals surface area contributed by atoms with Crippen LogP contribution in [-0.2, 0) is 5.41 Å². The van der Waals surface area contributed by atoms with Gasteiger partial charge in [-0.1, -0.05) is 24.3 Å². The van der Waals surface area contributed by atoms with Crippen LogP contribution in [0.15, 0.2) is 48.5 Å². The van der Waals surface area contributed by atoms with Crippen LogP contribution < -0.4 is 0 Å². The summed E-state index contributed by atoms with van der Waals surface area (Å²) in [6.45, 7) is 0. The minimum absolute atomic E-state index is 0. The first-order valence-corrected chi connectivity index (χ1v) is 6.22. The molecule has 25 heavy (non-hydrogen) atoms. The molecule has 2 radical (unpaired) electrons. The van der Waals surface area contributed by atoms with Crippen molar-refractivity contribution in [3.63, 3.8) is 0 Å². The minimum Gasteiger partial charge on any atom is -0.508 e. The summed E-state index contributed by atoms with van der Waals surface area (Å²) >= 11 is 0. The van der Waals surface area contributed by atoms with Gasteiger partial charge in [0.25, 0.3) is 0 Å². The zero-order valence-electron chi connectivity index (χ0n) is 13.3. The fourth-order valence-corrected chi connectivity index (χ4v) is 2.40. The topological polar surface area (TPSA) is 40.5 Å². The van der Waals surface area contributed by atoms with Gasteiger partial charge in [-0.05, 0) is 35.4 Å². The molecular weight excluding hydrogens is 372 g/mol. The maximum absolute atomic E-state index is 13.6. The van der Waals surface area contributed by atoms with Gasteiger partial charge in [0.2, 0.25) is 5.41 Å². The predicted molar refractivity (Wildman–Crippen MR) is 80.6 cm³/mol. The molecule has 0 atom stereocenters. The summed E-state index contributed by atoms with van der Waals surface area (Å²) in [6, 6.07) is 5.30. The maximum Gasteiger partial charge on any atom is 0.411 e. The molecule has 0 saturated heterocycles. The van der Waals surface area contributed by atoms with Crippen LogP contribution in [0.1, 0.15) is 11.1 Å². The Bertz CT molecular complexity index is 620. The number of aromatic hydroxyl groups is 2. The molecule has 126 valence electrons. The number of phenolic OH excluding ortho intramolecular Hbond substituents is 2. The molecule has 0 heterocycles. The van der Waals surface area contributed by atoms with Crippen molar-refractivity contribution < 1.29 is 36.6 Å². The molecule has 0 amide bonds. The van der Waals surface area contributed by atoms with Gasteiger partial charge in [0.05, 0.1) is 0 Å². The first kappa shape index (κ1) is 24.6. The largest absolute Gasteiger partial charge is 0.508 e. The van der Waals surface area contributed by atoms with Gasteiger partial charge in [-0.3, -0.25) is 0 Å². The third kappa shape index (κ3) is 4.48. The minimum atomic E-state index is -5.70. The molecule has 0 aliphatic heterocycles. The van der Waals surface area contributed by atoms with Gasteiger partial charge in [-0.2, -0.15) is 26.3 Å². The molecule has 0 aromatic heterocycles. The zero-order chi connectivity index (χ0) is 17.5. The first-order chi connectivity index (χ1) is 10.5. The molecule has 0 spiro atoms. The number of phenols is 2. The third-order valence-electron chi connectivity index (χ3n) is 3.45. The Morgan fingerprint density at radius 1 is 0.520 bits per heavy atom.